The second kappa shape index (κ2) is 7.60. The van der Waals surface area contributed by atoms with Crippen LogP contribution in [0.3, 0.4) is 0 Å². The number of amides is 1. The minimum atomic E-state index is -0.0767. The summed E-state index contributed by atoms with van der Waals surface area (Å²) in [5.41, 5.74) is 1.12. The van der Waals surface area contributed by atoms with Gasteiger partial charge in [0.05, 0.1) is 18.8 Å². The highest BCUT2D eigenvalue weighted by atomic mass is 35.5. The van der Waals surface area contributed by atoms with Gasteiger partial charge in [-0.25, -0.2) is 0 Å². The number of carbonyl (C=O) groups excluding carboxylic acids is 1. The van der Waals surface area contributed by atoms with Crippen LogP contribution in [-0.2, 0) is 4.79 Å². The van der Waals surface area contributed by atoms with E-state index in [9.17, 15) is 4.79 Å². The van der Waals surface area contributed by atoms with Crippen molar-refractivity contribution in [1.29, 1.82) is 0 Å². The number of benzene rings is 1. The highest BCUT2D eigenvalue weighted by molar-refractivity contribution is 6.27. The second-order valence-electron chi connectivity index (χ2n) is 4.65. The number of hydrogen-bond acceptors (Lipinski definition) is 3. The van der Waals surface area contributed by atoms with E-state index in [0.717, 1.165) is 24.5 Å². The lowest BCUT2D eigenvalue weighted by Gasteiger charge is -2.37. The number of carbonyl (C=O) groups is 1. The smallest absolute Gasteiger partial charge is 0.237 e. The van der Waals surface area contributed by atoms with Crippen LogP contribution in [0.25, 0.3) is 0 Å². The van der Waals surface area contributed by atoms with Gasteiger partial charge in [-0.15, -0.1) is 24.0 Å². The zero-order chi connectivity index (χ0) is 13.8. The lowest BCUT2D eigenvalue weighted by atomic mass is 10.2. The Hall–Kier alpha value is -1.13. The summed E-state index contributed by atoms with van der Waals surface area (Å²) in [5.74, 6) is 0.816. The van der Waals surface area contributed by atoms with Gasteiger partial charge in [0.25, 0.3) is 0 Å². The predicted molar refractivity (Wildman–Crippen MR) is 84.4 cm³/mol. The number of hydrogen-bond donors (Lipinski definition) is 0. The first-order valence-corrected chi connectivity index (χ1v) is 6.99. The van der Waals surface area contributed by atoms with E-state index in [-0.39, 0.29) is 30.3 Å². The van der Waals surface area contributed by atoms with Crippen molar-refractivity contribution in [3.05, 3.63) is 24.3 Å². The zero-order valence-electron chi connectivity index (χ0n) is 11.7. The monoisotopic (exact) mass is 318 g/mol. The maximum Gasteiger partial charge on any atom is 0.237 e. The number of halogens is 2. The number of nitrogens with zero attached hydrogens (tertiary/aromatic N) is 2. The first-order chi connectivity index (χ1) is 9.15. The van der Waals surface area contributed by atoms with Crippen molar-refractivity contribution in [2.24, 2.45) is 0 Å². The van der Waals surface area contributed by atoms with Crippen molar-refractivity contribution in [3.8, 4) is 5.75 Å². The molecule has 1 heterocycles. The van der Waals surface area contributed by atoms with Gasteiger partial charge in [0.1, 0.15) is 17.7 Å². The highest BCUT2D eigenvalue weighted by Gasteiger charge is 2.26. The average Bonchev–Trinajstić information content (AvgIpc) is 2.45. The average molecular weight is 319 g/mol. The molecule has 20 heavy (non-hydrogen) atoms. The summed E-state index contributed by atoms with van der Waals surface area (Å²) in [6.07, 6.45) is -0.0213. The molecule has 0 N–H and O–H groups in total. The SMILES string of the molecule is CCN1CC(CN(C)C(=O)CCl)Oc2ccccc21.Cl. The Labute approximate surface area is 131 Å². The maximum absolute atomic E-state index is 11.5. The van der Waals surface area contributed by atoms with Crippen LogP contribution < -0.4 is 9.64 Å². The van der Waals surface area contributed by atoms with Crippen LogP contribution in [0.4, 0.5) is 5.69 Å². The molecule has 1 unspecified atom stereocenters. The van der Waals surface area contributed by atoms with E-state index in [2.05, 4.69) is 17.9 Å². The first-order valence-electron chi connectivity index (χ1n) is 6.46. The lowest BCUT2D eigenvalue weighted by molar-refractivity contribution is -0.128. The Balaban J connectivity index is 0.00000200. The molecule has 1 atom stereocenters. The minimum absolute atomic E-state index is 0. The van der Waals surface area contributed by atoms with E-state index in [1.165, 1.54) is 0 Å². The summed E-state index contributed by atoms with van der Waals surface area (Å²) in [7, 11) is 1.75. The van der Waals surface area contributed by atoms with Crippen molar-refractivity contribution in [1.82, 2.24) is 4.90 Å². The van der Waals surface area contributed by atoms with Gasteiger partial charge < -0.3 is 14.5 Å². The summed E-state index contributed by atoms with van der Waals surface area (Å²) in [4.78, 5) is 15.4. The second-order valence-corrected chi connectivity index (χ2v) is 4.92. The third-order valence-electron chi connectivity index (χ3n) is 3.32. The van der Waals surface area contributed by atoms with Gasteiger partial charge in [0.15, 0.2) is 0 Å². The molecule has 0 aromatic heterocycles. The summed E-state index contributed by atoms with van der Waals surface area (Å²) in [5, 5.41) is 0. The predicted octanol–water partition coefficient (Wildman–Crippen LogP) is 2.39. The van der Waals surface area contributed by atoms with Gasteiger partial charge >= 0.3 is 0 Å². The molecule has 0 saturated heterocycles. The van der Waals surface area contributed by atoms with Crippen LogP contribution in [0.1, 0.15) is 6.92 Å². The molecule has 1 aromatic carbocycles. The molecular formula is C14H20Cl2N2O2. The van der Waals surface area contributed by atoms with E-state index in [0.29, 0.717) is 6.54 Å². The van der Waals surface area contributed by atoms with Crippen molar-refractivity contribution in [2.75, 3.05) is 37.5 Å². The molecule has 0 saturated carbocycles. The van der Waals surface area contributed by atoms with E-state index < -0.39 is 0 Å². The summed E-state index contributed by atoms with van der Waals surface area (Å²) in [6.45, 7) is 4.38. The summed E-state index contributed by atoms with van der Waals surface area (Å²) >= 11 is 5.56. The molecule has 0 aliphatic carbocycles. The number of likely N-dealkylation sites (N-methyl/N-ethyl adjacent to an activating group) is 2. The van der Waals surface area contributed by atoms with Crippen LogP contribution in [0.5, 0.6) is 5.75 Å². The molecule has 0 bridgehead atoms. The Kier molecular flexibility index (Phi) is 6.43. The lowest BCUT2D eigenvalue weighted by Crippen LogP contribution is -2.47. The van der Waals surface area contributed by atoms with Gasteiger partial charge in [0.2, 0.25) is 5.91 Å². The summed E-state index contributed by atoms with van der Waals surface area (Å²) in [6, 6.07) is 7.99. The van der Waals surface area contributed by atoms with Crippen LogP contribution in [0.15, 0.2) is 24.3 Å². The Morgan fingerprint density at radius 3 is 2.85 bits per heavy atom. The first kappa shape index (κ1) is 16.9. The number of para-hydroxylation sites is 2. The molecule has 0 radical (unpaired) electrons. The van der Waals surface area contributed by atoms with Gasteiger partial charge in [-0.1, -0.05) is 12.1 Å². The molecule has 1 amide bonds. The molecule has 0 fully saturated rings. The number of anilines is 1. The molecular weight excluding hydrogens is 299 g/mol. The standard InChI is InChI=1S/C14H19ClN2O2.ClH/c1-3-17-10-11(9-16(2)14(18)8-15)19-13-7-5-4-6-12(13)17;/h4-7,11H,3,8-10H2,1-2H3;1H. The number of rotatable bonds is 4. The maximum atomic E-state index is 11.5. The largest absolute Gasteiger partial charge is 0.485 e. The van der Waals surface area contributed by atoms with E-state index >= 15 is 0 Å². The van der Waals surface area contributed by atoms with Crippen LogP contribution in [0.2, 0.25) is 0 Å². The number of fused-ring (bicyclic) bond motifs is 1. The number of alkyl halides is 1. The molecule has 112 valence electrons. The fraction of sp³-hybridized carbons (Fsp3) is 0.500. The normalized spacial score (nSPS) is 16.8. The molecule has 6 heteroatoms. The Morgan fingerprint density at radius 1 is 1.50 bits per heavy atom. The third kappa shape index (κ3) is 3.70. The van der Waals surface area contributed by atoms with Crippen LogP contribution in [0, 0.1) is 0 Å². The van der Waals surface area contributed by atoms with E-state index in [1.807, 2.05) is 18.2 Å². The topological polar surface area (TPSA) is 32.8 Å². The van der Waals surface area contributed by atoms with Gasteiger partial charge in [-0.3, -0.25) is 4.79 Å². The van der Waals surface area contributed by atoms with E-state index in [1.54, 1.807) is 11.9 Å². The van der Waals surface area contributed by atoms with Crippen molar-refractivity contribution in [2.45, 2.75) is 13.0 Å². The third-order valence-corrected chi connectivity index (χ3v) is 3.55. The number of ether oxygens (including phenoxy) is 1. The fourth-order valence-corrected chi connectivity index (χ4v) is 2.49. The van der Waals surface area contributed by atoms with Crippen molar-refractivity contribution in [3.63, 3.8) is 0 Å². The quantitative estimate of drug-likeness (QED) is 0.799. The Bertz CT molecular complexity index is 457. The summed E-state index contributed by atoms with van der Waals surface area (Å²) < 4.78 is 5.95. The molecule has 1 aliphatic rings. The fourth-order valence-electron chi connectivity index (χ4n) is 2.28. The Morgan fingerprint density at radius 2 is 2.20 bits per heavy atom. The van der Waals surface area contributed by atoms with Crippen molar-refractivity contribution >= 4 is 35.6 Å². The highest BCUT2D eigenvalue weighted by Crippen LogP contribution is 2.32. The molecule has 0 spiro atoms. The molecule has 1 aromatic rings. The minimum Gasteiger partial charge on any atom is -0.485 e. The van der Waals surface area contributed by atoms with Gasteiger partial charge in [-0.05, 0) is 19.1 Å². The van der Waals surface area contributed by atoms with E-state index in [4.69, 9.17) is 16.3 Å². The van der Waals surface area contributed by atoms with Gasteiger partial charge in [-0.2, -0.15) is 0 Å². The van der Waals surface area contributed by atoms with Gasteiger partial charge in [0, 0.05) is 13.6 Å². The molecule has 4 nitrogen and oxygen atoms in total. The molecule has 1 aliphatic heterocycles. The zero-order valence-corrected chi connectivity index (χ0v) is 13.3. The van der Waals surface area contributed by atoms with Crippen LogP contribution >= 0.6 is 24.0 Å². The van der Waals surface area contributed by atoms with Crippen LogP contribution in [-0.4, -0.2) is 49.5 Å². The van der Waals surface area contributed by atoms with Crippen molar-refractivity contribution < 1.29 is 9.53 Å². The molecule has 2 rings (SSSR count).